The molecule has 0 bridgehead atoms. The van der Waals surface area contributed by atoms with Crippen LogP contribution in [0.25, 0.3) is 16.5 Å². The summed E-state index contributed by atoms with van der Waals surface area (Å²) in [5, 5.41) is 0.906. The number of amides is 2. The summed E-state index contributed by atoms with van der Waals surface area (Å²) < 4.78 is 27.5. The van der Waals surface area contributed by atoms with Crippen LogP contribution >= 0.6 is 11.6 Å². The zero-order valence-electron chi connectivity index (χ0n) is 18.0. The van der Waals surface area contributed by atoms with Gasteiger partial charge in [0.15, 0.2) is 5.78 Å². The van der Waals surface area contributed by atoms with E-state index in [0.717, 1.165) is 6.26 Å². The molecule has 4 rings (SSSR count). The molecule has 1 aromatic heterocycles. The van der Waals surface area contributed by atoms with Crippen molar-refractivity contribution in [1.82, 2.24) is 9.29 Å². The van der Waals surface area contributed by atoms with Gasteiger partial charge in [-0.2, -0.15) is 0 Å². The number of nitrogens with zero attached hydrogens (tertiary/aromatic N) is 1. The van der Waals surface area contributed by atoms with Gasteiger partial charge in [-0.15, -0.1) is 0 Å². The summed E-state index contributed by atoms with van der Waals surface area (Å²) in [7, 11) is -3.90. The fourth-order valence-electron chi connectivity index (χ4n) is 3.99. The summed E-state index contributed by atoms with van der Waals surface area (Å²) in [6.45, 7) is 0.100. The number of nitrogens with one attached hydrogen (secondary N) is 1. The van der Waals surface area contributed by atoms with Crippen LogP contribution in [0.15, 0.2) is 60.7 Å². The minimum atomic E-state index is -3.90. The van der Waals surface area contributed by atoms with Crippen LogP contribution in [0.3, 0.4) is 0 Å². The molecule has 0 saturated carbocycles. The van der Waals surface area contributed by atoms with E-state index in [-0.39, 0.29) is 35.6 Å². The monoisotopic (exact) mass is 497 g/mol. The highest BCUT2D eigenvalue weighted by Gasteiger charge is 2.29. The predicted molar refractivity (Wildman–Crippen MR) is 130 cm³/mol. The predicted octanol–water partition coefficient (Wildman–Crippen LogP) is 3.04. The number of carbonyl (C=O) groups excluding carboxylic acids is 3. The Labute approximate surface area is 200 Å². The van der Waals surface area contributed by atoms with Crippen LogP contribution in [0.5, 0.6) is 0 Å². The molecule has 0 atom stereocenters. The highest BCUT2D eigenvalue weighted by atomic mass is 35.5. The van der Waals surface area contributed by atoms with E-state index in [0.29, 0.717) is 27.1 Å². The lowest BCUT2D eigenvalue weighted by molar-refractivity contribution is -0.113. The van der Waals surface area contributed by atoms with Crippen molar-refractivity contribution in [3.05, 3.63) is 88.1 Å². The average molecular weight is 498 g/mol. The first-order valence-corrected chi connectivity index (χ1v) is 12.4. The fraction of sp³-hybridized carbons (Fsp3) is 0.125. The van der Waals surface area contributed by atoms with Gasteiger partial charge in [-0.3, -0.25) is 14.4 Å². The van der Waals surface area contributed by atoms with Gasteiger partial charge in [0.2, 0.25) is 15.9 Å². The van der Waals surface area contributed by atoms with Crippen LogP contribution in [-0.4, -0.2) is 36.8 Å². The Morgan fingerprint density at radius 1 is 1.18 bits per heavy atom. The van der Waals surface area contributed by atoms with Crippen LogP contribution in [-0.2, 0) is 21.4 Å². The Balaban J connectivity index is 2.03. The van der Waals surface area contributed by atoms with E-state index in [1.165, 1.54) is 0 Å². The maximum Gasteiger partial charge on any atom is 0.282 e. The molecule has 1 aliphatic rings. The molecule has 0 spiro atoms. The van der Waals surface area contributed by atoms with Gasteiger partial charge in [-0.05, 0) is 35.9 Å². The smallest absolute Gasteiger partial charge is 0.282 e. The van der Waals surface area contributed by atoms with E-state index in [2.05, 4.69) is 0 Å². The van der Waals surface area contributed by atoms with Crippen LogP contribution in [0.2, 0.25) is 5.02 Å². The zero-order chi connectivity index (χ0) is 24.6. The highest BCUT2D eigenvalue weighted by Crippen LogP contribution is 2.36. The number of allylic oxidation sites excluding steroid dienone is 4. The Hall–Kier alpha value is -3.69. The molecule has 0 unspecified atom stereocenters. The van der Waals surface area contributed by atoms with Gasteiger partial charge in [0.25, 0.3) is 5.91 Å². The van der Waals surface area contributed by atoms with Crippen molar-refractivity contribution in [3.63, 3.8) is 0 Å². The van der Waals surface area contributed by atoms with Gasteiger partial charge in [-0.25, -0.2) is 13.1 Å². The van der Waals surface area contributed by atoms with E-state index in [1.807, 2.05) is 4.72 Å². The highest BCUT2D eigenvalue weighted by molar-refractivity contribution is 7.89. The van der Waals surface area contributed by atoms with Gasteiger partial charge in [0.1, 0.15) is 5.69 Å². The Bertz CT molecular complexity index is 1530. The molecule has 2 amide bonds. The summed E-state index contributed by atoms with van der Waals surface area (Å²) in [6.07, 6.45) is 6.02. The zero-order valence-corrected chi connectivity index (χ0v) is 19.6. The quantitative estimate of drug-likeness (QED) is 0.541. The van der Waals surface area contributed by atoms with E-state index < -0.39 is 21.8 Å². The number of Topliss-reactive ketones (excluding diaryl/α,β-unsaturated/α-hetero) is 1. The molecule has 8 nitrogen and oxygen atoms in total. The number of rotatable bonds is 6. The number of nitrogens with two attached hydrogens (primary N) is 1. The summed E-state index contributed by atoms with van der Waals surface area (Å²) >= 11 is 6.25. The molecule has 3 N–H and O–H groups in total. The second-order valence-corrected chi connectivity index (χ2v) is 10.1. The number of hydrogen-bond acceptors (Lipinski definition) is 5. The van der Waals surface area contributed by atoms with E-state index >= 15 is 0 Å². The number of benzene rings is 2. The summed E-state index contributed by atoms with van der Waals surface area (Å²) in [5.74, 6) is -1.71. The fourth-order valence-corrected chi connectivity index (χ4v) is 4.59. The minimum Gasteiger partial charge on any atom is -0.366 e. The van der Waals surface area contributed by atoms with Crippen LogP contribution < -0.4 is 10.5 Å². The number of ketones is 1. The van der Waals surface area contributed by atoms with Crippen LogP contribution in [0, 0.1) is 0 Å². The SMILES string of the molecule is CS(=O)(=O)NC(=O)c1c(C2=CC=CCC2=O)c2cc(Cl)ccc2n1Cc1cccc(C(N)=O)c1. The number of aromatic nitrogens is 1. The molecule has 174 valence electrons. The largest absolute Gasteiger partial charge is 0.366 e. The second kappa shape index (κ2) is 8.92. The third kappa shape index (κ3) is 4.66. The van der Waals surface area contributed by atoms with Crippen molar-refractivity contribution in [1.29, 1.82) is 0 Å². The summed E-state index contributed by atoms with van der Waals surface area (Å²) in [4.78, 5) is 37.8. The van der Waals surface area contributed by atoms with Gasteiger partial charge >= 0.3 is 0 Å². The molecule has 1 heterocycles. The van der Waals surface area contributed by atoms with Gasteiger partial charge < -0.3 is 10.3 Å². The molecular formula is C24H20ClN3O5S. The van der Waals surface area contributed by atoms with Crippen molar-refractivity contribution < 1.29 is 22.8 Å². The molecule has 0 fully saturated rings. The first-order chi connectivity index (χ1) is 16.0. The van der Waals surface area contributed by atoms with Crippen molar-refractivity contribution in [2.45, 2.75) is 13.0 Å². The number of sulfonamides is 1. The van der Waals surface area contributed by atoms with E-state index in [4.69, 9.17) is 17.3 Å². The molecule has 0 aliphatic heterocycles. The van der Waals surface area contributed by atoms with Crippen LogP contribution in [0.1, 0.15) is 38.4 Å². The number of primary amides is 1. The summed E-state index contributed by atoms with van der Waals surface area (Å²) in [6, 6.07) is 11.5. The Kier molecular flexibility index (Phi) is 6.16. The molecule has 0 radical (unpaired) electrons. The van der Waals surface area contributed by atoms with Gasteiger partial charge in [0.05, 0.1) is 6.26 Å². The van der Waals surface area contributed by atoms with Crippen molar-refractivity contribution in [3.8, 4) is 0 Å². The van der Waals surface area contributed by atoms with Crippen molar-refractivity contribution >= 4 is 55.7 Å². The molecule has 2 aromatic carbocycles. The second-order valence-electron chi connectivity index (χ2n) is 7.87. The lowest BCUT2D eigenvalue weighted by Crippen LogP contribution is -2.32. The van der Waals surface area contributed by atoms with E-state index in [9.17, 15) is 22.8 Å². The van der Waals surface area contributed by atoms with Crippen molar-refractivity contribution in [2.75, 3.05) is 6.26 Å². The number of halogens is 1. The molecular weight excluding hydrogens is 478 g/mol. The lowest BCUT2D eigenvalue weighted by atomic mass is 9.93. The van der Waals surface area contributed by atoms with E-state index in [1.54, 1.807) is 65.3 Å². The normalized spacial score (nSPS) is 13.7. The molecule has 3 aromatic rings. The standard InChI is InChI=1S/C24H20ClN3O5S/c1-34(32,33)27-24(31)22-21(17-7-2-3-8-20(17)29)18-12-16(25)9-10-19(18)28(22)13-14-5-4-6-15(11-14)23(26)30/h2-7,9-12H,8,13H2,1H3,(H2,26,30)(H,27,31). The summed E-state index contributed by atoms with van der Waals surface area (Å²) in [5.41, 5.74) is 7.45. The first-order valence-electron chi connectivity index (χ1n) is 10.2. The topological polar surface area (TPSA) is 128 Å². The Morgan fingerprint density at radius 3 is 2.62 bits per heavy atom. The minimum absolute atomic E-state index is 0.0120. The average Bonchev–Trinajstić information content (AvgIpc) is 3.06. The third-order valence-corrected chi connectivity index (χ3v) is 6.13. The first kappa shape index (κ1) is 23.5. The lowest BCUT2D eigenvalue weighted by Gasteiger charge is -2.14. The van der Waals surface area contributed by atoms with Gasteiger partial charge in [-0.1, -0.05) is 42.0 Å². The maximum atomic E-state index is 13.3. The molecule has 1 aliphatic carbocycles. The number of carbonyl (C=O) groups is 3. The third-order valence-electron chi connectivity index (χ3n) is 5.34. The molecule has 0 saturated heterocycles. The molecule has 10 heteroatoms. The van der Waals surface area contributed by atoms with Gasteiger partial charge in [0, 0.05) is 45.6 Å². The number of hydrogen-bond donors (Lipinski definition) is 2. The number of fused-ring (bicyclic) bond motifs is 1. The Morgan fingerprint density at radius 2 is 1.94 bits per heavy atom. The van der Waals surface area contributed by atoms with Crippen LogP contribution in [0.4, 0.5) is 0 Å². The maximum absolute atomic E-state index is 13.3. The van der Waals surface area contributed by atoms with Crippen molar-refractivity contribution in [2.24, 2.45) is 5.73 Å². The molecule has 34 heavy (non-hydrogen) atoms.